The van der Waals surface area contributed by atoms with E-state index in [0.29, 0.717) is 0 Å². The van der Waals surface area contributed by atoms with Gasteiger partial charge in [0.05, 0.1) is 6.61 Å². The monoisotopic (exact) mass is 303 g/mol. The van der Waals surface area contributed by atoms with E-state index in [1.807, 2.05) is 0 Å². The Labute approximate surface area is 121 Å². The molecule has 21 heavy (non-hydrogen) atoms. The number of aliphatic hydroxyl groups excluding tert-OH is 1. The molecule has 1 aromatic rings. The Hall–Kier alpha value is -1.89. The zero-order chi connectivity index (χ0) is 16.0. The van der Waals surface area contributed by atoms with Crippen molar-refractivity contribution in [2.45, 2.75) is 32.9 Å². The lowest BCUT2D eigenvalue weighted by Gasteiger charge is -2.19. The van der Waals surface area contributed by atoms with Crippen LogP contribution in [0.15, 0.2) is 12.1 Å². The van der Waals surface area contributed by atoms with Gasteiger partial charge in [0.15, 0.2) is 11.6 Å². The van der Waals surface area contributed by atoms with Crippen LogP contribution in [0.25, 0.3) is 0 Å². The SMILES string of the molecule is CC(C)(C)OC(=O)NCc1ccc(OCCO)c(F)c1F. The van der Waals surface area contributed by atoms with Crippen LogP contribution in [0.5, 0.6) is 5.75 Å². The first-order valence-electron chi connectivity index (χ1n) is 6.42. The number of halogens is 2. The van der Waals surface area contributed by atoms with Crippen molar-refractivity contribution in [3.05, 3.63) is 29.3 Å². The summed E-state index contributed by atoms with van der Waals surface area (Å²) < 4.78 is 37.2. The Kier molecular flexibility index (Phi) is 5.90. The molecule has 0 heterocycles. The number of hydrogen-bond donors (Lipinski definition) is 2. The third-order valence-corrected chi connectivity index (χ3v) is 2.30. The van der Waals surface area contributed by atoms with Crippen molar-refractivity contribution in [2.75, 3.05) is 13.2 Å². The fraction of sp³-hybridized carbons (Fsp3) is 0.500. The highest BCUT2D eigenvalue weighted by atomic mass is 19.2. The Morgan fingerprint density at radius 1 is 1.29 bits per heavy atom. The number of hydrogen-bond acceptors (Lipinski definition) is 4. The largest absolute Gasteiger partial charge is 0.488 e. The first kappa shape index (κ1) is 17.2. The van der Waals surface area contributed by atoms with E-state index in [4.69, 9.17) is 14.6 Å². The molecule has 0 aliphatic carbocycles. The molecular formula is C14H19F2NO4. The Bertz CT molecular complexity index is 500. The molecule has 1 rings (SSSR count). The normalized spacial score (nSPS) is 11.1. The van der Waals surface area contributed by atoms with Gasteiger partial charge in [0.2, 0.25) is 5.82 Å². The number of carbonyl (C=O) groups excluding carboxylic acids is 1. The summed E-state index contributed by atoms with van der Waals surface area (Å²) in [5.74, 6) is -2.56. The highest BCUT2D eigenvalue weighted by Gasteiger charge is 2.18. The molecule has 118 valence electrons. The average molecular weight is 303 g/mol. The van der Waals surface area contributed by atoms with Crippen molar-refractivity contribution >= 4 is 6.09 Å². The van der Waals surface area contributed by atoms with Crippen molar-refractivity contribution < 1.29 is 28.2 Å². The summed E-state index contributed by atoms with van der Waals surface area (Å²) >= 11 is 0. The molecule has 0 unspecified atom stereocenters. The van der Waals surface area contributed by atoms with E-state index in [2.05, 4.69) is 5.32 Å². The van der Waals surface area contributed by atoms with E-state index in [0.717, 1.165) is 0 Å². The minimum Gasteiger partial charge on any atom is -0.488 e. The standard InChI is InChI=1S/C14H19F2NO4/c1-14(2,3)21-13(19)17-8-9-4-5-10(20-7-6-18)12(16)11(9)15/h4-5,18H,6-8H2,1-3H3,(H,17,19). The molecule has 5 nitrogen and oxygen atoms in total. The Morgan fingerprint density at radius 2 is 1.95 bits per heavy atom. The fourth-order valence-corrected chi connectivity index (χ4v) is 1.46. The van der Waals surface area contributed by atoms with Gasteiger partial charge in [0, 0.05) is 12.1 Å². The van der Waals surface area contributed by atoms with Gasteiger partial charge < -0.3 is 19.9 Å². The molecule has 0 spiro atoms. The Morgan fingerprint density at radius 3 is 2.52 bits per heavy atom. The zero-order valence-electron chi connectivity index (χ0n) is 12.2. The molecule has 0 fully saturated rings. The summed E-state index contributed by atoms with van der Waals surface area (Å²) in [5, 5.41) is 10.9. The number of carbonyl (C=O) groups is 1. The first-order chi connectivity index (χ1) is 9.74. The fourth-order valence-electron chi connectivity index (χ4n) is 1.46. The summed E-state index contributed by atoms with van der Waals surface area (Å²) in [6.07, 6.45) is -0.720. The molecule has 0 saturated carbocycles. The van der Waals surface area contributed by atoms with Gasteiger partial charge in [-0.25, -0.2) is 9.18 Å². The van der Waals surface area contributed by atoms with Crippen LogP contribution in [0.1, 0.15) is 26.3 Å². The second kappa shape index (κ2) is 7.21. The molecule has 0 radical (unpaired) electrons. The second-order valence-electron chi connectivity index (χ2n) is 5.28. The summed E-state index contributed by atoms with van der Waals surface area (Å²) in [6.45, 7) is 4.44. The van der Waals surface area contributed by atoms with Crippen molar-refractivity contribution in [2.24, 2.45) is 0 Å². The van der Waals surface area contributed by atoms with Crippen LogP contribution in [0.3, 0.4) is 0 Å². The zero-order valence-corrected chi connectivity index (χ0v) is 12.2. The number of alkyl carbamates (subject to hydrolysis) is 1. The highest BCUT2D eigenvalue weighted by molar-refractivity contribution is 5.67. The van der Waals surface area contributed by atoms with Crippen molar-refractivity contribution in [1.82, 2.24) is 5.32 Å². The van der Waals surface area contributed by atoms with Crippen LogP contribution in [0.2, 0.25) is 0 Å². The number of benzene rings is 1. The molecule has 7 heteroatoms. The molecule has 0 bridgehead atoms. The third-order valence-electron chi connectivity index (χ3n) is 2.30. The molecule has 0 saturated heterocycles. The Balaban J connectivity index is 2.68. The topological polar surface area (TPSA) is 67.8 Å². The van der Waals surface area contributed by atoms with Gasteiger partial charge in [-0.15, -0.1) is 0 Å². The second-order valence-corrected chi connectivity index (χ2v) is 5.28. The number of amides is 1. The molecule has 2 N–H and O–H groups in total. The van der Waals surface area contributed by atoms with E-state index in [1.165, 1.54) is 12.1 Å². The maximum Gasteiger partial charge on any atom is 0.407 e. The molecule has 0 aliphatic heterocycles. The number of rotatable bonds is 5. The van der Waals surface area contributed by atoms with E-state index >= 15 is 0 Å². The summed E-state index contributed by atoms with van der Waals surface area (Å²) in [6, 6.07) is 2.53. The summed E-state index contributed by atoms with van der Waals surface area (Å²) in [4.78, 5) is 11.4. The van der Waals surface area contributed by atoms with Crippen LogP contribution >= 0.6 is 0 Å². The van der Waals surface area contributed by atoms with Crippen LogP contribution in [-0.4, -0.2) is 30.0 Å². The van der Waals surface area contributed by atoms with Crippen molar-refractivity contribution in [3.8, 4) is 5.75 Å². The molecule has 0 atom stereocenters. The highest BCUT2D eigenvalue weighted by Crippen LogP contribution is 2.22. The maximum absolute atomic E-state index is 13.8. The van der Waals surface area contributed by atoms with Gasteiger partial charge in [-0.1, -0.05) is 6.07 Å². The van der Waals surface area contributed by atoms with E-state index in [9.17, 15) is 13.6 Å². The predicted molar refractivity (Wildman–Crippen MR) is 72.0 cm³/mol. The van der Waals surface area contributed by atoms with E-state index in [1.54, 1.807) is 20.8 Å². The smallest absolute Gasteiger partial charge is 0.407 e. The maximum atomic E-state index is 13.8. The van der Waals surface area contributed by atoms with Crippen LogP contribution < -0.4 is 10.1 Å². The quantitative estimate of drug-likeness (QED) is 0.876. The van der Waals surface area contributed by atoms with E-state index in [-0.39, 0.29) is 31.1 Å². The lowest BCUT2D eigenvalue weighted by molar-refractivity contribution is 0.0523. The summed E-state index contributed by atoms with van der Waals surface area (Å²) in [5.41, 5.74) is -0.703. The molecular weight excluding hydrogens is 284 g/mol. The van der Waals surface area contributed by atoms with E-state index < -0.39 is 23.3 Å². The van der Waals surface area contributed by atoms with Gasteiger partial charge in [-0.2, -0.15) is 4.39 Å². The van der Waals surface area contributed by atoms with Gasteiger partial charge in [-0.3, -0.25) is 0 Å². The van der Waals surface area contributed by atoms with Gasteiger partial charge >= 0.3 is 6.09 Å². The third kappa shape index (κ3) is 5.55. The molecule has 0 aromatic heterocycles. The number of aliphatic hydroxyl groups is 1. The minimum absolute atomic E-state index is 0.0327. The molecule has 0 aliphatic rings. The van der Waals surface area contributed by atoms with Gasteiger partial charge in [0.25, 0.3) is 0 Å². The van der Waals surface area contributed by atoms with Crippen LogP contribution in [-0.2, 0) is 11.3 Å². The molecule has 1 amide bonds. The lowest BCUT2D eigenvalue weighted by atomic mass is 10.2. The van der Waals surface area contributed by atoms with Crippen LogP contribution in [0, 0.1) is 11.6 Å². The predicted octanol–water partition coefficient (Wildman–Crippen LogP) is 2.36. The van der Waals surface area contributed by atoms with Crippen molar-refractivity contribution in [3.63, 3.8) is 0 Å². The van der Waals surface area contributed by atoms with Gasteiger partial charge in [0.1, 0.15) is 12.2 Å². The summed E-state index contributed by atoms with van der Waals surface area (Å²) in [7, 11) is 0. The number of nitrogens with one attached hydrogen (secondary N) is 1. The van der Waals surface area contributed by atoms with Crippen molar-refractivity contribution in [1.29, 1.82) is 0 Å². The minimum atomic E-state index is -1.16. The van der Waals surface area contributed by atoms with Crippen LogP contribution in [0.4, 0.5) is 13.6 Å². The molecule has 1 aromatic carbocycles. The lowest BCUT2D eigenvalue weighted by Crippen LogP contribution is -2.32. The van der Waals surface area contributed by atoms with Gasteiger partial charge in [-0.05, 0) is 26.8 Å². The average Bonchev–Trinajstić information content (AvgIpc) is 2.37. The first-order valence-corrected chi connectivity index (χ1v) is 6.42. The number of ether oxygens (including phenoxy) is 2.